The number of rotatable bonds is 3. The molecule has 0 rings (SSSR count). The van der Waals surface area contributed by atoms with Gasteiger partial charge in [0.25, 0.3) is 0 Å². The predicted molar refractivity (Wildman–Crippen MR) is 79.1 cm³/mol. The maximum absolute atomic E-state index is 4.79. The van der Waals surface area contributed by atoms with E-state index < -0.39 is 0 Å². The van der Waals surface area contributed by atoms with E-state index in [0.29, 0.717) is 6.61 Å². The first kappa shape index (κ1) is 24.6. The van der Waals surface area contributed by atoms with Crippen molar-refractivity contribution in [1.29, 1.82) is 0 Å². The summed E-state index contributed by atoms with van der Waals surface area (Å²) in [5.74, 6) is 0. The molecule has 0 bridgehead atoms. The zero-order valence-corrected chi connectivity index (χ0v) is 12.9. The van der Waals surface area contributed by atoms with E-state index in [1.54, 1.807) is 7.11 Å². The largest absolute Gasteiger partial charge is 0.380 e. The van der Waals surface area contributed by atoms with E-state index >= 15 is 0 Å². The lowest BCUT2D eigenvalue weighted by Crippen LogP contribution is -1.89. The standard InChI is InChI=1S/C6H12O.C4H8.C3H8.C2H6/c1-4-6(2)5-7-3;1-3-4-2;1-3-2;1-2/h2,4-5H2,1,3H3;3-4H,1-2H3;3H2,1-2H3;1-2H3/b;4-3-;;. The molecule has 0 aliphatic carbocycles. The summed E-state index contributed by atoms with van der Waals surface area (Å²) in [6, 6.07) is 0. The third-order valence-electron chi connectivity index (χ3n) is 1.18. The van der Waals surface area contributed by atoms with E-state index in [-0.39, 0.29) is 0 Å². The van der Waals surface area contributed by atoms with E-state index in [9.17, 15) is 0 Å². The van der Waals surface area contributed by atoms with Crippen molar-refractivity contribution < 1.29 is 4.74 Å². The zero-order valence-electron chi connectivity index (χ0n) is 12.9. The third kappa shape index (κ3) is 70.3. The summed E-state index contributed by atoms with van der Waals surface area (Å²) in [7, 11) is 1.68. The molecule has 0 radical (unpaired) electrons. The molecule has 0 N–H and O–H groups in total. The lowest BCUT2D eigenvalue weighted by molar-refractivity contribution is 0.224. The molecule has 0 saturated carbocycles. The number of allylic oxidation sites excluding steroid dienone is 2. The van der Waals surface area contributed by atoms with E-state index in [1.165, 1.54) is 6.42 Å². The summed E-state index contributed by atoms with van der Waals surface area (Å²) in [5, 5.41) is 0. The molecule has 16 heavy (non-hydrogen) atoms. The van der Waals surface area contributed by atoms with Gasteiger partial charge in [0, 0.05) is 7.11 Å². The van der Waals surface area contributed by atoms with Crippen molar-refractivity contribution in [3.63, 3.8) is 0 Å². The first-order chi connectivity index (χ1) is 7.64. The first-order valence-electron chi connectivity index (χ1n) is 6.37. The van der Waals surface area contributed by atoms with Crippen LogP contribution in [0, 0.1) is 0 Å². The average molecular weight is 230 g/mol. The fourth-order valence-corrected chi connectivity index (χ4v) is 0.306. The molecule has 0 aromatic heterocycles. The highest BCUT2D eigenvalue weighted by molar-refractivity contribution is 4.91. The van der Waals surface area contributed by atoms with Crippen molar-refractivity contribution in [1.82, 2.24) is 0 Å². The minimum absolute atomic E-state index is 0.705. The van der Waals surface area contributed by atoms with Crippen LogP contribution in [0.3, 0.4) is 0 Å². The van der Waals surface area contributed by atoms with E-state index in [0.717, 1.165) is 12.0 Å². The lowest BCUT2D eigenvalue weighted by Gasteiger charge is -1.95. The number of hydrogen-bond donors (Lipinski definition) is 0. The molecule has 1 nitrogen and oxygen atoms in total. The van der Waals surface area contributed by atoms with Gasteiger partial charge in [-0.25, -0.2) is 0 Å². The van der Waals surface area contributed by atoms with Crippen molar-refractivity contribution in [2.75, 3.05) is 13.7 Å². The molecule has 0 atom stereocenters. The smallest absolute Gasteiger partial charge is 0.0670 e. The highest BCUT2D eigenvalue weighted by Gasteiger charge is 1.83. The van der Waals surface area contributed by atoms with Crippen molar-refractivity contribution >= 4 is 0 Å². The topological polar surface area (TPSA) is 9.23 Å². The van der Waals surface area contributed by atoms with Crippen LogP contribution < -0.4 is 0 Å². The molecule has 0 saturated heterocycles. The Morgan fingerprint density at radius 2 is 1.38 bits per heavy atom. The highest BCUT2D eigenvalue weighted by atomic mass is 16.5. The molecule has 0 amide bonds. The van der Waals surface area contributed by atoms with Crippen molar-refractivity contribution in [2.24, 2.45) is 0 Å². The summed E-state index contributed by atoms with van der Waals surface area (Å²) in [6.45, 7) is 18.8. The van der Waals surface area contributed by atoms with Crippen LogP contribution in [0.1, 0.15) is 61.3 Å². The third-order valence-corrected chi connectivity index (χ3v) is 1.18. The Morgan fingerprint density at radius 3 is 1.44 bits per heavy atom. The molecule has 0 aromatic carbocycles. The van der Waals surface area contributed by atoms with Gasteiger partial charge in [0.15, 0.2) is 0 Å². The molecule has 1 heteroatoms. The molecular weight excluding hydrogens is 196 g/mol. The Hall–Kier alpha value is -0.560. The van der Waals surface area contributed by atoms with Crippen molar-refractivity contribution in [3.05, 3.63) is 24.3 Å². The molecule has 0 heterocycles. The number of methoxy groups -OCH3 is 1. The van der Waals surface area contributed by atoms with Gasteiger partial charge in [0.2, 0.25) is 0 Å². The molecule has 100 valence electrons. The van der Waals surface area contributed by atoms with Crippen LogP contribution in [0.15, 0.2) is 24.3 Å². The average Bonchev–Trinajstić information content (AvgIpc) is 2.33. The second kappa shape index (κ2) is 36.6. The number of hydrogen-bond acceptors (Lipinski definition) is 1. The first-order valence-corrected chi connectivity index (χ1v) is 6.37. The summed E-state index contributed by atoms with van der Waals surface area (Å²) in [6.07, 6.45) is 6.27. The summed E-state index contributed by atoms with van der Waals surface area (Å²) < 4.78 is 4.79. The maximum atomic E-state index is 4.79. The van der Waals surface area contributed by atoms with Gasteiger partial charge in [-0.3, -0.25) is 0 Å². The van der Waals surface area contributed by atoms with Gasteiger partial charge in [-0.1, -0.05) is 65.3 Å². The van der Waals surface area contributed by atoms with Gasteiger partial charge in [-0.05, 0) is 20.3 Å². The van der Waals surface area contributed by atoms with Crippen LogP contribution in [0.2, 0.25) is 0 Å². The SMILES string of the molecule is C/C=C\C.C=C(CC)COC.CC.CCC. The Labute approximate surface area is 105 Å². The Bertz CT molecular complexity index is 111. The monoisotopic (exact) mass is 230 g/mol. The normalized spacial score (nSPS) is 7.75. The zero-order chi connectivity index (χ0) is 13.8. The highest BCUT2D eigenvalue weighted by Crippen LogP contribution is 1.93. The Kier molecular flexibility index (Phi) is 56.3. The van der Waals surface area contributed by atoms with Crippen molar-refractivity contribution in [3.8, 4) is 0 Å². The second-order valence-corrected chi connectivity index (χ2v) is 2.91. The minimum Gasteiger partial charge on any atom is -0.380 e. The molecule has 0 aromatic rings. The Morgan fingerprint density at radius 1 is 1.06 bits per heavy atom. The van der Waals surface area contributed by atoms with Crippen LogP contribution >= 0.6 is 0 Å². The van der Waals surface area contributed by atoms with Gasteiger partial charge in [0.05, 0.1) is 6.61 Å². The predicted octanol–water partition coefficient (Wildman–Crippen LogP) is 5.62. The number of ether oxygens (including phenoxy) is 1. The fourth-order valence-electron chi connectivity index (χ4n) is 0.306. The minimum atomic E-state index is 0.705. The molecule has 0 fully saturated rings. The summed E-state index contributed by atoms with van der Waals surface area (Å²) in [4.78, 5) is 0. The molecule has 0 spiro atoms. The van der Waals surface area contributed by atoms with Gasteiger partial charge < -0.3 is 4.74 Å². The van der Waals surface area contributed by atoms with Gasteiger partial charge >= 0.3 is 0 Å². The quantitative estimate of drug-likeness (QED) is 0.571. The van der Waals surface area contributed by atoms with E-state index in [1.807, 2.05) is 39.8 Å². The van der Waals surface area contributed by atoms with Crippen LogP contribution in [0.4, 0.5) is 0 Å². The van der Waals surface area contributed by atoms with Crippen LogP contribution in [0.5, 0.6) is 0 Å². The van der Waals surface area contributed by atoms with E-state index in [4.69, 9.17) is 4.74 Å². The summed E-state index contributed by atoms with van der Waals surface area (Å²) in [5.41, 5.74) is 1.16. The Balaban J connectivity index is -0.0000000685. The van der Waals surface area contributed by atoms with Crippen LogP contribution in [-0.4, -0.2) is 13.7 Å². The molecule has 0 aliphatic rings. The van der Waals surface area contributed by atoms with Gasteiger partial charge in [0.1, 0.15) is 0 Å². The summed E-state index contributed by atoms with van der Waals surface area (Å²) >= 11 is 0. The molecule has 0 unspecified atom stereocenters. The molecule has 0 aliphatic heterocycles. The maximum Gasteiger partial charge on any atom is 0.0670 e. The van der Waals surface area contributed by atoms with Crippen LogP contribution in [-0.2, 0) is 4.74 Å². The lowest BCUT2D eigenvalue weighted by atomic mass is 10.3. The fraction of sp³-hybridized carbons (Fsp3) is 0.733. The van der Waals surface area contributed by atoms with E-state index in [2.05, 4.69) is 27.4 Å². The molecular formula is C15H34O. The second-order valence-electron chi connectivity index (χ2n) is 2.91. The van der Waals surface area contributed by atoms with Gasteiger partial charge in [-0.2, -0.15) is 0 Å². The van der Waals surface area contributed by atoms with Gasteiger partial charge in [-0.15, -0.1) is 0 Å². The van der Waals surface area contributed by atoms with Crippen molar-refractivity contribution in [2.45, 2.75) is 61.3 Å². The van der Waals surface area contributed by atoms with Crippen LogP contribution in [0.25, 0.3) is 0 Å².